The van der Waals surface area contributed by atoms with E-state index in [1.165, 1.54) is 0 Å². The second-order valence-electron chi connectivity index (χ2n) is 7.92. The minimum Gasteiger partial charge on any atom is -0.610 e. The van der Waals surface area contributed by atoms with E-state index in [0.29, 0.717) is 36.0 Å². The summed E-state index contributed by atoms with van der Waals surface area (Å²) in [4.78, 5) is 21.2. The molecule has 1 fully saturated rings. The van der Waals surface area contributed by atoms with E-state index in [-0.39, 0.29) is 17.9 Å². The molecule has 0 bridgehead atoms. The maximum Gasteiger partial charge on any atom is 0.309 e. The number of benzene rings is 1. The largest absolute Gasteiger partial charge is 0.610 e. The van der Waals surface area contributed by atoms with Crippen LogP contribution in [0.5, 0.6) is 0 Å². The van der Waals surface area contributed by atoms with Crippen molar-refractivity contribution in [1.82, 2.24) is 24.3 Å². The Morgan fingerprint density at radius 1 is 1.31 bits per heavy atom. The minimum atomic E-state index is -1.23. The minimum absolute atomic E-state index is 0.0959. The summed E-state index contributed by atoms with van der Waals surface area (Å²) in [5.41, 5.74) is 2.55. The molecule has 1 aliphatic rings. The number of esters is 1. The van der Waals surface area contributed by atoms with Gasteiger partial charge < -0.3 is 13.9 Å². The fourth-order valence-electron chi connectivity index (χ4n) is 4.35. The van der Waals surface area contributed by atoms with Gasteiger partial charge in [0.05, 0.1) is 40.7 Å². The molecule has 0 N–H and O–H groups in total. The summed E-state index contributed by atoms with van der Waals surface area (Å²) in [5, 5.41) is 6.57. The molecular weight excluding hydrogens is 450 g/mol. The summed E-state index contributed by atoms with van der Waals surface area (Å²) < 4.78 is 21.4. The van der Waals surface area contributed by atoms with Crippen LogP contribution >= 0.6 is 11.6 Å². The quantitative estimate of drug-likeness (QED) is 0.314. The lowest BCUT2D eigenvalue weighted by Crippen LogP contribution is -2.34. The van der Waals surface area contributed by atoms with Crippen molar-refractivity contribution in [2.45, 2.75) is 37.4 Å². The average molecular weight is 472 g/mol. The third-order valence-corrected chi connectivity index (χ3v) is 6.99. The number of carbonyl (C=O) groups is 1. The van der Waals surface area contributed by atoms with E-state index in [1.807, 2.05) is 31.2 Å². The van der Waals surface area contributed by atoms with Gasteiger partial charge in [-0.2, -0.15) is 0 Å². The number of carbonyl (C=O) groups excluding carboxylic acids is 1. The van der Waals surface area contributed by atoms with Crippen molar-refractivity contribution >= 4 is 50.7 Å². The van der Waals surface area contributed by atoms with Gasteiger partial charge in [-0.1, -0.05) is 11.6 Å². The molecule has 5 rings (SSSR count). The van der Waals surface area contributed by atoms with Crippen LogP contribution in [0.25, 0.3) is 21.9 Å². The van der Waals surface area contributed by atoms with Crippen molar-refractivity contribution in [2.75, 3.05) is 12.9 Å². The molecule has 0 spiro atoms. The first-order chi connectivity index (χ1) is 15.5. The Hall–Kier alpha value is -2.62. The smallest absolute Gasteiger partial charge is 0.309 e. The summed E-state index contributed by atoms with van der Waals surface area (Å²) in [6.45, 7) is 2.59. The monoisotopic (exact) mass is 471 g/mol. The van der Waals surface area contributed by atoms with Crippen LogP contribution in [0.4, 0.5) is 0 Å². The Balaban J connectivity index is 1.55. The second kappa shape index (κ2) is 8.38. The zero-order valence-corrected chi connectivity index (χ0v) is 19.3. The number of imidazole rings is 1. The van der Waals surface area contributed by atoms with E-state index < -0.39 is 11.2 Å². The predicted molar refractivity (Wildman–Crippen MR) is 122 cm³/mol. The molecule has 0 radical (unpaired) electrons. The molecule has 0 aliphatic heterocycles. The summed E-state index contributed by atoms with van der Waals surface area (Å²) in [7, 11) is 0. The van der Waals surface area contributed by atoms with Gasteiger partial charge in [0.1, 0.15) is 18.6 Å². The van der Waals surface area contributed by atoms with Gasteiger partial charge >= 0.3 is 5.97 Å². The lowest BCUT2D eigenvalue weighted by Gasteiger charge is -2.35. The van der Waals surface area contributed by atoms with Crippen LogP contribution in [0.15, 0.2) is 41.7 Å². The number of rotatable bonds is 6. The van der Waals surface area contributed by atoms with Crippen molar-refractivity contribution in [1.29, 1.82) is 0 Å². The number of fused-ring (bicyclic) bond motifs is 2. The number of nitrogens with zero attached hydrogens (tertiary/aromatic N) is 5. The number of ether oxygens (including phenoxy) is 1. The molecular formula is C22H22ClN5O3S. The van der Waals surface area contributed by atoms with Crippen molar-refractivity contribution in [3.63, 3.8) is 0 Å². The van der Waals surface area contributed by atoms with Crippen LogP contribution in [0.3, 0.4) is 0 Å². The van der Waals surface area contributed by atoms with E-state index in [0.717, 1.165) is 27.8 Å². The third-order valence-electron chi connectivity index (χ3n) is 5.91. The molecule has 166 valence electrons. The second-order valence-corrected chi connectivity index (χ2v) is 9.65. The Kier molecular flexibility index (Phi) is 5.56. The highest BCUT2D eigenvalue weighted by molar-refractivity contribution is 7.90. The van der Waals surface area contributed by atoms with Crippen LogP contribution in [0.2, 0.25) is 5.02 Å². The summed E-state index contributed by atoms with van der Waals surface area (Å²) in [5.74, 6) is 0.564. The van der Waals surface area contributed by atoms with Crippen molar-refractivity contribution in [2.24, 2.45) is 5.92 Å². The van der Waals surface area contributed by atoms with Crippen LogP contribution in [-0.2, 0) is 27.3 Å². The standard InChI is InChI=1S/C22H22ClN5O3S/c1-3-31-22(29)13-8-15(9-13)28-18-5-4-14(23)10-17(18)25-20(28)12-27-19-11-24-7-6-16(19)21(26-27)32(2)30/h4-7,10-11,13,15H,3,8-9,12H2,1-2H3/t13-,15-,32?. The first kappa shape index (κ1) is 21.2. The van der Waals surface area contributed by atoms with Gasteiger partial charge in [0.25, 0.3) is 5.03 Å². The summed E-state index contributed by atoms with van der Waals surface area (Å²) >= 11 is 4.98. The molecule has 4 aromatic rings. The van der Waals surface area contributed by atoms with E-state index in [1.54, 1.807) is 23.3 Å². The number of halogens is 1. The van der Waals surface area contributed by atoms with E-state index in [4.69, 9.17) is 21.3 Å². The predicted octanol–water partition coefficient (Wildman–Crippen LogP) is 3.73. The molecule has 0 amide bonds. The Labute approximate surface area is 192 Å². The van der Waals surface area contributed by atoms with E-state index >= 15 is 0 Å². The molecule has 1 aliphatic carbocycles. The van der Waals surface area contributed by atoms with Gasteiger partial charge in [0.15, 0.2) is 0 Å². The fraction of sp³-hybridized carbons (Fsp3) is 0.364. The molecule has 1 atom stereocenters. The molecule has 0 saturated heterocycles. The zero-order valence-electron chi connectivity index (χ0n) is 17.7. The highest BCUT2D eigenvalue weighted by Crippen LogP contribution is 2.41. The number of aromatic nitrogens is 5. The Morgan fingerprint density at radius 3 is 2.88 bits per heavy atom. The molecule has 1 saturated carbocycles. The Bertz CT molecular complexity index is 1310. The van der Waals surface area contributed by atoms with Gasteiger partial charge in [-0.3, -0.25) is 14.5 Å². The zero-order chi connectivity index (χ0) is 22.4. The number of hydrogen-bond donors (Lipinski definition) is 0. The first-order valence-electron chi connectivity index (χ1n) is 10.4. The molecule has 1 aromatic carbocycles. The van der Waals surface area contributed by atoms with E-state index in [2.05, 4.69) is 14.6 Å². The van der Waals surface area contributed by atoms with Gasteiger partial charge in [0.2, 0.25) is 0 Å². The van der Waals surface area contributed by atoms with Crippen LogP contribution in [-0.4, -0.2) is 47.7 Å². The molecule has 1 unspecified atom stereocenters. The van der Waals surface area contributed by atoms with Gasteiger partial charge in [-0.05, 0) is 44.0 Å². The highest BCUT2D eigenvalue weighted by atomic mass is 35.5. The summed E-state index contributed by atoms with van der Waals surface area (Å²) in [6.07, 6.45) is 6.42. The number of hydrogen-bond acceptors (Lipinski definition) is 6. The molecule has 8 nitrogen and oxygen atoms in total. The maximum absolute atomic E-state index is 12.2. The fourth-order valence-corrected chi connectivity index (χ4v) is 5.21. The van der Waals surface area contributed by atoms with Gasteiger partial charge in [0, 0.05) is 28.4 Å². The van der Waals surface area contributed by atoms with Crippen LogP contribution in [0, 0.1) is 5.92 Å². The molecule has 3 aromatic heterocycles. The highest BCUT2D eigenvalue weighted by Gasteiger charge is 2.38. The lowest BCUT2D eigenvalue weighted by atomic mass is 9.80. The Morgan fingerprint density at radius 2 is 2.12 bits per heavy atom. The van der Waals surface area contributed by atoms with E-state index in [9.17, 15) is 9.35 Å². The van der Waals surface area contributed by atoms with Crippen LogP contribution in [0.1, 0.15) is 31.6 Å². The van der Waals surface area contributed by atoms with Crippen LogP contribution < -0.4 is 0 Å². The van der Waals surface area contributed by atoms with Gasteiger partial charge in [-0.15, -0.1) is 5.10 Å². The maximum atomic E-state index is 12.2. The molecule has 10 heteroatoms. The lowest BCUT2D eigenvalue weighted by molar-refractivity contribution is -0.152. The van der Waals surface area contributed by atoms with Gasteiger partial charge in [-0.25, -0.2) is 4.98 Å². The molecule has 32 heavy (non-hydrogen) atoms. The van der Waals surface area contributed by atoms with Crippen molar-refractivity contribution < 1.29 is 14.1 Å². The van der Waals surface area contributed by atoms with Crippen molar-refractivity contribution in [3.8, 4) is 0 Å². The normalized spacial score (nSPS) is 19.2. The average Bonchev–Trinajstić information content (AvgIpc) is 3.26. The summed E-state index contributed by atoms with van der Waals surface area (Å²) in [6, 6.07) is 7.60. The topological polar surface area (TPSA) is 97.9 Å². The molecule has 3 heterocycles. The third kappa shape index (κ3) is 3.64. The SMILES string of the molecule is CCOC(=O)[C@H]1C[C@H](n2c(Cn3nc([S+](C)[O-])c4ccncc43)nc3cc(Cl)ccc32)C1. The number of pyridine rings is 1. The first-order valence-corrected chi connectivity index (χ1v) is 12.4. The van der Waals surface area contributed by atoms with Crippen molar-refractivity contribution in [3.05, 3.63) is 47.5 Å².